The Bertz CT molecular complexity index is 618. The Balaban J connectivity index is 2.21. The zero-order valence-electron chi connectivity index (χ0n) is 13.2. The Morgan fingerprint density at radius 1 is 1.23 bits per heavy atom. The molecule has 1 saturated carbocycles. The number of carbonyl (C=O) groups is 1. The van der Waals surface area contributed by atoms with Crippen LogP contribution in [0.25, 0.3) is 0 Å². The third-order valence-corrected chi connectivity index (χ3v) is 5.64. The summed E-state index contributed by atoms with van der Waals surface area (Å²) in [6.45, 7) is 5.02. The van der Waals surface area contributed by atoms with E-state index >= 15 is 0 Å². The maximum Gasteiger partial charge on any atom is 0.253 e. The Kier molecular flexibility index (Phi) is 5.58. The van der Waals surface area contributed by atoms with Gasteiger partial charge in [-0.3, -0.25) is 4.79 Å². The second kappa shape index (κ2) is 7.24. The first-order valence-electron chi connectivity index (χ1n) is 7.89. The van der Waals surface area contributed by atoms with Crippen LogP contribution in [0.15, 0.2) is 29.2 Å². The average molecular weight is 324 g/mol. The number of sulfonamides is 1. The van der Waals surface area contributed by atoms with Crippen LogP contribution in [0.1, 0.15) is 49.9 Å². The van der Waals surface area contributed by atoms with Crippen LogP contribution in [0.4, 0.5) is 0 Å². The lowest BCUT2D eigenvalue weighted by Crippen LogP contribution is -2.33. The van der Waals surface area contributed by atoms with Gasteiger partial charge < -0.3 is 4.90 Å². The maximum atomic E-state index is 12.4. The Hall–Kier alpha value is -1.40. The van der Waals surface area contributed by atoms with E-state index in [-0.39, 0.29) is 16.8 Å². The van der Waals surface area contributed by atoms with Gasteiger partial charge in [0.1, 0.15) is 0 Å². The first-order chi connectivity index (χ1) is 10.5. The van der Waals surface area contributed by atoms with E-state index in [0.717, 1.165) is 25.7 Å². The molecule has 2 rings (SSSR count). The Labute approximate surface area is 132 Å². The molecule has 5 nitrogen and oxygen atoms in total. The van der Waals surface area contributed by atoms with Crippen LogP contribution in [0.2, 0.25) is 0 Å². The summed E-state index contributed by atoms with van der Waals surface area (Å²) in [6, 6.07) is 6.32. The molecule has 1 amide bonds. The van der Waals surface area contributed by atoms with Gasteiger partial charge in [-0.05, 0) is 44.9 Å². The number of benzene rings is 1. The number of amides is 1. The van der Waals surface area contributed by atoms with Crippen LogP contribution < -0.4 is 4.72 Å². The van der Waals surface area contributed by atoms with Gasteiger partial charge in [-0.1, -0.05) is 18.9 Å². The van der Waals surface area contributed by atoms with Gasteiger partial charge in [0.05, 0.1) is 4.90 Å². The van der Waals surface area contributed by atoms with Crippen molar-refractivity contribution in [1.82, 2.24) is 9.62 Å². The summed E-state index contributed by atoms with van der Waals surface area (Å²) in [7, 11) is -3.56. The number of nitrogens with zero attached hydrogens (tertiary/aromatic N) is 1. The van der Waals surface area contributed by atoms with Crippen LogP contribution in [0.5, 0.6) is 0 Å². The molecule has 0 saturated heterocycles. The molecular weight excluding hydrogens is 300 g/mol. The van der Waals surface area contributed by atoms with E-state index in [1.54, 1.807) is 17.0 Å². The molecule has 1 aliphatic carbocycles. The molecule has 1 fully saturated rings. The van der Waals surface area contributed by atoms with Crippen LogP contribution >= 0.6 is 0 Å². The lowest BCUT2D eigenvalue weighted by molar-refractivity contribution is 0.0772. The number of carbonyl (C=O) groups excluding carboxylic acids is 1. The summed E-state index contributed by atoms with van der Waals surface area (Å²) in [5.41, 5.74) is 0.415. The molecule has 0 heterocycles. The maximum absolute atomic E-state index is 12.4. The molecule has 1 aromatic carbocycles. The predicted octanol–water partition coefficient (Wildman–Crippen LogP) is 2.39. The zero-order valence-corrected chi connectivity index (χ0v) is 14.0. The van der Waals surface area contributed by atoms with Crippen molar-refractivity contribution >= 4 is 15.9 Å². The predicted molar refractivity (Wildman–Crippen MR) is 86.3 cm³/mol. The fraction of sp³-hybridized carbons (Fsp3) is 0.562. The van der Waals surface area contributed by atoms with Crippen molar-refractivity contribution in [2.75, 3.05) is 13.1 Å². The van der Waals surface area contributed by atoms with Crippen LogP contribution in [-0.4, -0.2) is 38.4 Å². The third kappa shape index (κ3) is 3.87. The first-order valence-corrected chi connectivity index (χ1v) is 9.38. The quantitative estimate of drug-likeness (QED) is 0.874. The van der Waals surface area contributed by atoms with E-state index in [4.69, 9.17) is 0 Å². The van der Waals surface area contributed by atoms with Gasteiger partial charge in [-0.2, -0.15) is 0 Å². The molecule has 0 unspecified atom stereocenters. The first kappa shape index (κ1) is 17.0. The highest BCUT2D eigenvalue weighted by Gasteiger charge is 2.24. The third-order valence-electron chi connectivity index (χ3n) is 4.12. The standard InChI is InChI=1S/C16H24N2O3S/c1-3-18(4-2)16(19)13-8-7-11-15(12-13)22(20,21)17-14-9-5-6-10-14/h7-8,11-12,14,17H,3-6,9-10H2,1-2H3. The molecule has 0 bridgehead atoms. The average Bonchev–Trinajstić information content (AvgIpc) is 3.00. The minimum atomic E-state index is -3.56. The van der Waals surface area contributed by atoms with E-state index in [0.29, 0.717) is 18.7 Å². The summed E-state index contributed by atoms with van der Waals surface area (Å²) in [5.74, 6) is -0.136. The van der Waals surface area contributed by atoms with Crippen molar-refractivity contribution in [3.05, 3.63) is 29.8 Å². The highest BCUT2D eigenvalue weighted by molar-refractivity contribution is 7.89. The molecule has 1 aliphatic rings. The van der Waals surface area contributed by atoms with Gasteiger partial charge >= 0.3 is 0 Å². The Morgan fingerprint density at radius 2 is 1.86 bits per heavy atom. The highest BCUT2D eigenvalue weighted by Crippen LogP contribution is 2.21. The molecule has 1 N–H and O–H groups in total. The fourth-order valence-electron chi connectivity index (χ4n) is 2.82. The smallest absolute Gasteiger partial charge is 0.253 e. The van der Waals surface area contributed by atoms with E-state index in [1.807, 2.05) is 13.8 Å². The normalized spacial score (nSPS) is 15.9. The van der Waals surface area contributed by atoms with Crippen LogP contribution in [0.3, 0.4) is 0 Å². The second-order valence-corrected chi connectivity index (χ2v) is 7.32. The van der Waals surface area contributed by atoms with Crippen LogP contribution in [-0.2, 0) is 10.0 Å². The van der Waals surface area contributed by atoms with Gasteiger partial charge in [0.15, 0.2) is 0 Å². The number of nitrogens with one attached hydrogen (secondary N) is 1. The summed E-state index contributed by atoms with van der Waals surface area (Å²) in [4.78, 5) is 14.2. The summed E-state index contributed by atoms with van der Waals surface area (Å²) < 4.78 is 27.6. The van der Waals surface area contributed by atoms with E-state index in [9.17, 15) is 13.2 Å². The van der Waals surface area contributed by atoms with Gasteiger partial charge in [0, 0.05) is 24.7 Å². The molecular formula is C16H24N2O3S. The lowest BCUT2D eigenvalue weighted by Gasteiger charge is -2.19. The van der Waals surface area contributed by atoms with Crippen molar-refractivity contribution in [1.29, 1.82) is 0 Å². The van der Waals surface area contributed by atoms with Crippen molar-refractivity contribution in [3.8, 4) is 0 Å². The van der Waals surface area contributed by atoms with Crippen LogP contribution in [0, 0.1) is 0 Å². The molecule has 0 aliphatic heterocycles. The number of hydrogen-bond donors (Lipinski definition) is 1. The van der Waals surface area contributed by atoms with E-state index in [1.165, 1.54) is 12.1 Å². The molecule has 0 radical (unpaired) electrons. The topological polar surface area (TPSA) is 66.5 Å². The highest BCUT2D eigenvalue weighted by atomic mass is 32.2. The molecule has 0 spiro atoms. The van der Waals surface area contributed by atoms with Gasteiger partial charge in [-0.25, -0.2) is 13.1 Å². The monoisotopic (exact) mass is 324 g/mol. The summed E-state index contributed by atoms with van der Waals surface area (Å²) in [6.07, 6.45) is 3.90. The van der Waals surface area contributed by atoms with E-state index in [2.05, 4.69) is 4.72 Å². The zero-order chi connectivity index (χ0) is 16.2. The van der Waals surface area contributed by atoms with Gasteiger partial charge in [0.2, 0.25) is 10.0 Å². The molecule has 122 valence electrons. The molecule has 22 heavy (non-hydrogen) atoms. The van der Waals surface area contributed by atoms with E-state index < -0.39 is 10.0 Å². The number of hydrogen-bond acceptors (Lipinski definition) is 3. The van der Waals surface area contributed by atoms with Crippen molar-refractivity contribution in [2.45, 2.75) is 50.5 Å². The minimum absolute atomic E-state index is 0.0205. The minimum Gasteiger partial charge on any atom is -0.339 e. The summed E-state index contributed by atoms with van der Waals surface area (Å²) >= 11 is 0. The van der Waals surface area contributed by atoms with Crippen molar-refractivity contribution < 1.29 is 13.2 Å². The SMILES string of the molecule is CCN(CC)C(=O)c1cccc(S(=O)(=O)NC2CCCC2)c1. The molecule has 0 aromatic heterocycles. The van der Waals surface area contributed by atoms with Crippen molar-refractivity contribution in [3.63, 3.8) is 0 Å². The fourth-order valence-corrected chi connectivity index (χ4v) is 4.17. The Morgan fingerprint density at radius 3 is 2.45 bits per heavy atom. The van der Waals surface area contributed by atoms with Crippen molar-refractivity contribution in [2.24, 2.45) is 0 Å². The molecule has 1 aromatic rings. The summed E-state index contributed by atoms with van der Waals surface area (Å²) in [5, 5.41) is 0. The molecule has 0 atom stereocenters. The van der Waals surface area contributed by atoms with Gasteiger partial charge in [0.25, 0.3) is 5.91 Å². The number of rotatable bonds is 6. The second-order valence-electron chi connectivity index (χ2n) is 5.61. The van der Waals surface area contributed by atoms with Gasteiger partial charge in [-0.15, -0.1) is 0 Å². The molecule has 6 heteroatoms. The largest absolute Gasteiger partial charge is 0.339 e. The lowest BCUT2D eigenvalue weighted by atomic mass is 10.2.